The van der Waals surface area contributed by atoms with E-state index in [1.54, 1.807) is 37.4 Å². The number of nitrogens with zero attached hydrogens (tertiary/aromatic N) is 2. The largest absolute Gasteiger partial charge is 0.489 e. The minimum atomic E-state index is -1.03. The fourth-order valence-corrected chi connectivity index (χ4v) is 4.53. The van der Waals surface area contributed by atoms with Crippen molar-refractivity contribution in [2.45, 2.75) is 6.61 Å². The summed E-state index contributed by atoms with van der Waals surface area (Å²) in [6, 6.07) is 18.8. The molecule has 9 heteroatoms. The third-order valence-corrected chi connectivity index (χ3v) is 6.56. The lowest BCUT2D eigenvalue weighted by Crippen LogP contribution is -2.23. The molecule has 3 aromatic rings. The van der Waals surface area contributed by atoms with Crippen LogP contribution in [0.15, 0.2) is 76.6 Å². The van der Waals surface area contributed by atoms with Gasteiger partial charge in [0.25, 0.3) is 5.91 Å². The molecule has 1 amide bonds. The zero-order chi connectivity index (χ0) is 24.2. The van der Waals surface area contributed by atoms with Gasteiger partial charge in [-0.15, -0.1) is 0 Å². The maximum atomic E-state index is 12.7. The molecule has 1 aliphatic rings. The van der Waals surface area contributed by atoms with Crippen LogP contribution in [0.4, 0.5) is 5.69 Å². The number of carboxylic acid groups (broad SMARTS) is 1. The summed E-state index contributed by atoms with van der Waals surface area (Å²) in [7, 11) is 1.63. The molecule has 34 heavy (non-hydrogen) atoms. The number of amides is 1. The Hall–Kier alpha value is -3.26. The van der Waals surface area contributed by atoms with E-state index in [0.717, 1.165) is 11.1 Å². The van der Waals surface area contributed by atoms with Crippen LogP contribution < -0.4 is 4.74 Å². The van der Waals surface area contributed by atoms with Crippen LogP contribution in [0.3, 0.4) is 0 Å². The highest BCUT2D eigenvalue weighted by Crippen LogP contribution is 2.33. The number of carboxylic acids is 1. The summed E-state index contributed by atoms with van der Waals surface area (Å²) in [5.74, 6) is -0.554. The zero-order valence-corrected chi connectivity index (χ0v) is 20.2. The molecule has 1 fully saturated rings. The smallest absolute Gasteiger partial charge is 0.335 e. The van der Waals surface area contributed by atoms with E-state index in [1.165, 1.54) is 28.8 Å². The lowest BCUT2D eigenvalue weighted by atomic mass is 10.2. The monoisotopic (exact) mass is 512 g/mol. The van der Waals surface area contributed by atoms with Gasteiger partial charge in [0.1, 0.15) is 12.4 Å². The maximum Gasteiger partial charge on any atom is 0.335 e. The van der Waals surface area contributed by atoms with E-state index in [2.05, 4.69) is 4.99 Å². The number of rotatable bonds is 6. The summed E-state index contributed by atoms with van der Waals surface area (Å²) in [6.45, 7) is 0.304. The van der Waals surface area contributed by atoms with Crippen molar-refractivity contribution in [2.75, 3.05) is 7.05 Å². The van der Waals surface area contributed by atoms with Gasteiger partial charge in [0.05, 0.1) is 16.2 Å². The second-order valence-corrected chi connectivity index (χ2v) is 9.17. The van der Waals surface area contributed by atoms with Gasteiger partial charge in [0, 0.05) is 22.7 Å². The number of halogens is 2. The topological polar surface area (TPSA) is 79.2 Å². The van der Waals surface area contributed by atoms with Gasteiger partial charge in [-0.25, -0.2) is 9.79 Å². The van der Waals surface area contributed by atoms with E-state index in [-0.39, 0.29) is 11.5 Å². The molecule has 6 nitrogen and oxygen atoms in total. The zero-order valence-electron chi connectivity index (χ0n) is 17.9. The lowest BCUT2D eigenvalue weighted by molar-refractivity contribution is -0.121. The van der Waals surface area contributed by atoms with E-state index >= 15 is 0 Å². The summed E-state index contributed by atoms with van der Waals surface area (Å²) in [5.41, 5.74) is 2.25. The highest BCUT2D eigenvalue weighted by atomic mass is 35.5. The van der Waals surface area contributed by atoms with E-state index in [0.29, 0.717) is 38.2 Å². The molecule has 1 heterocycles. The van der Waals surface area contributed by atoms with E-state index < -0.39 is 5.97 Å². The number of carbonyl (C=O) groups excluding carboxylic acids is 1. The average Bonchev–Trinajstić information content (AvgIpc) is 3.07. The molecule has 1 saturated heterocycles. The number of amidine groups is 1. The molecule has 0 radical (unpaired) electrons. The van der Waals surface area contributed by atoms with Crippen molar-refractivity contribution in [2.24, 2.45) is 4.99 Å². The third kappa shape index (κ3) is 5.62. The number of hydrogen-bond acceptors (Lipinski definition) is 5. The van der Waals surface area contributed by atoms with Gasteiger partial charge in [0.2, 0.25) is 0 Å². The molecular weight excluding hydrogens is 495 g/mol. The summed E-state index contributed by atoms with van der Waals surface area (Å²) >= 11 is 13.3. The fourth-order valence-electron chi connectivity index (χ4n) is 3.08. The Labute approximate surface area is 210 Å². The van der Waals surface area contributed by atoms with Crippen LogP contribution in [0.2, 0.25) is 10.0 Å². The van der Waals surface area contributed by atoms with Gasteiger partial charge in [-0.1, -0.05) is 47.5 Å². The predicted molar refractivity (Wildman–Crippen MR) is 136 cm³/mol. The number of likely N-dealkylation sites (N-methyl/N-ethyl adjacent to an activating group) is 1. The lowest BCUT2D eigenvalue weighted by Gasteiger charge is -2.08. The molecule has 4 rings (SSSR count). The van der Waals surface area contributed by atoms with E-state index in [9.17, 15) is 9.59 Å². The van der Waals surface area contributed by atoms with Crippen molar-refractivity contribution >= 4 is 63.8 Å². The Morgan fingerprint density at radius 3 is 2.59 bits per heavy atom. The second kappa shape index (κ2) is 10.3. The van der Waals surface area contributed by atoms with Crippen molar-refractivity contribution < 1.29 is 19.4 Å². The van der Waals surface area contributed by atoms with E-state index in [4.69, 9.17) is 33.0 Å². The first-order valence-corrected chi connectivity index (χ1v) is 11.6. The summed E-state index contributed by atoms with van der Waals surface area (Å²) in [5, 5.41) is 10.7. The Balaban J connectivity index is 1.45. The van der Waals surface area contributed by atoms with Crippen LogP contribution in [-0.2, 0) is 11.4 Å². The predicted octanol–water partition coefficient (Wildman–Crippen LogP) is 6.50. The molecule has 0 saturated carbocycles. The van der Waals surface area contributed by atoms with E-state index in [1.807, 2.05) is 30.3 Å². The molecule has 0 aromatic heterocycles. The van der Waals surface area contributed by atoms with Gasteiger partial charge in [-0.2, -0.15) is 0 Å². The molecule has 1 N–H and O–H groups in total. The number of aromatic carboxylic acids is 1. The van der Waals surface area contributed by atoms with Crippen molar-refractivity contribution in [3.63, 3.8) is 0 Å². The van der Waals surface area contributed by atoms with Gasteiger partial charge < -0.3 is 9.84 Å². The number of aliphatic imine (C=N–C) groups is 1. The molecule has 0 aliphatic carbocycles. The standard InChI is InChI=1S/C25H18Cl2N2O4S/c1-29-23(30)22(34-25(29)28-19-4-2-3-16(12-19)24(31)32)11-15-5-9-20(10-6-15)33-14-17-7-8-18(26)13-21(17)27/h2-13H,14H2,1H3,(H,31,32)/b22-11-,28-25?. The van der Waals surface area contributed by atoms with Gasteiger partial charge >= 0.3 is 5.97 Å². The Morgan fingerprint density at radius 2 is 1.88 bits per heavy atom. The molecule has 3 aromatic carbocycles. The third-order valence-electron chi connectivity index (χ3n) is 4.91. The molecule has 0 spiro atoms. The molecular formula is C25H18Cl2N2O4S. The van der Waals surface area contributed by atoms with Crippen molar-refractivity contribution in [3.8, 4) is 5.75 Å². The number of thioether (sulfide) groups is 1. The van der Waals surface area contributed by atoms with Crippen molar-refractivity contribution in [1.82, 2.24) is 4.90 Å². The summed E-state index contributed by atoms with van der Waals surface area (Å²) in [4.78, 5) is 30.3. The molecule has 0 unspecified atom stereocenters. The van der Waals surface area contributed by atoms with Crippen molar-refractivity contribution in [1.29, 1.82) is 0 Å². The average molecular weight is 513 g/mol. The number of ether oxygens (including phenoxy) is 1. The van der Waals surface area contributed by atoms with Gasteiger partial charge in [0.15, 0.2) is 5.17 Å². The first kappa shape index (κ1) is 23.9. The Kier molecular flexibility index (Phi) is 7.26. The first-order chi connectivity index (χ1) is 16.3. The van der Waals surface area contributed by atoms with Crippen LogP contribution in [0, 0.1) is 0 Å². The Bertz CT molecular complexity index is 1320. The minimum absolute atomic E-state index is 0.134. The number of hydrogen-bond donors (Lipinski definition) is 1. The SMILES string of the molecule is CN1C(=O)/C(=C/c2ccc(OCc3ccc(Cl)cc3Cl)cc2)SC1=Nc1cccc(C(=O)O)c1. The fraction of sp³-hybridized carbons (Fsp3) is 0.0800. The molecule has 172 valence electrons. The normalized spacial score (nSPS) is 15.9. The molecule has 1 aliphatic heterocycles. The van der Waals surface area contributed by atoms with Crippen LogP contribution in [0.5, 0.6) is 5.75 Å². The Morgan fingerprint density at radius 1 is 1.12 bits per heavy atom. The maximum absolute atomic E-state index is 12.7. The quantitative estimate of drug-likeness (QED) is 0.381. The second-order valence-electron chi connectivity index (χ2n) is 7.32. The van der Waals surface area contributed by atoms with Gasteiger partial charge in [-0.3, -0.25) is 9.69 Å². The minimum Gasteiger partial charge on any atom is -0.489 e. The van der Waals surface area contributed by atoms with Gasteiger partial charge in [-0.05, 0) is 65.9 Å². The van der Waals surface area contributed by atoms with Crippen molar-refractivity contribution in [3.05, 3.63) is 98.4 Å². The summed E-state index contributed by atoms with van der Waals surface area (Å²) < 4.78 is 5.80. The van der Waals surface area contributed by atoms with Crippen LogP contribution in [0.25, 0.3) is 6.08 Å². The highest BCUT2D eigenvalue weighted by molar-refractivity contribution is 8.18. The van der Waals surface area contributed by atoms with Crippen LogP contribution >= 0.6 is 35.0 Å². The first-order valence-electron chi connectivity index (χ1n) is 10.1. The van der Waals surface area contributed by atoms with Crippen LogP contribution in [-0.4, -0.2) is 34.1 Å². The molecule has 0 bridgehead atoms. The number of benzene rings is 3. The number of carbonyl (C=O) groups is 2. The molecule has 0 atom stereocenters. The van der Waals surface area contributed by atoms with Crippen LogP contribution in [0.1, 0.15) is 21.5 Å². The summed E-state index contributed by atoms with van der Waals surface area (Å²) in [6.07, 6.45) is 1.78. The highest BCUT2D eigenvalue weighted by Gasteiger charge is 2.30.